The van der Waals surface area contributed by atoms with Gasteiger partial charge in [-0.3, -0.25) is 4.79 Å². The molecule has 1 heterocycles. The number of carbonyl (C=O) groups is 1. The fraction of sp³-hybridized carbons (Fsp3) is 0.611. The van der Waals surface area contributed by atoms with Crippen molar-refractivity contribution in [1.82, 2.24) is 4.90 Å². The maximum Gasteiger partial charge on any atom is 0.225 e. The van der Waals surface area contributed by atoms with Crippen LogP contribution in [0.25, 0.3) is 0 Å². The van der Waals surface area contributed by atoms with Crippen molar-refractivity contribution < 1.29 is 9.90 Å². The third-order valence-electron chi connectivity index (χ3n) is 6.20. The van der Waals surface area contributed by atoms with E-state index in [4.69, 9.17) is 0 Å². The fourth-order valence-corrected chi connectivity index (χ4v) is 4.45. The molecule has 3 atom stereocenters. The topological polar surface area (TPSA) is 40.5 Å². The molecule has 1 N–H and O–H groups in total. The van der Waals surface area contributed by atoms with Gasteiger partial charge < -0.3 is 10.0 Å². The minimum Gasteiger partial charge on any atom is -0.508 e. The number of nitrogens with zero attached hydrogens (tertiary/aromatic N) is 1. The van der Waals surface area contributed by atoms with E-state index in [0.29, 0.717) is 29.5 Å². The molecule has 21 heavy (non-hydrogen) atoms. The van der Waals surface area contributed by atoms with Crippen molar-refractivity contribution in [2.45, 2.75) is 51.0 Å². The zero-order valence-electron chi connectivity index (χ0n) is 12.8. The molecule has 1 aromatic rings. The summed E-state index contributed by atoms with van der Waals surface area (Å²) in [5, 5.41) is 9.84. The maximum absolute atomic E-state index is 12.6. The normalized spacial score (nSPS) is 34.5. The van der Waals surface area contributed by atoms with E-state index in [1.54, 1.807) is 6.07 Å². The van der Waals surface area contributed by atoms with E-state index in [1.807, 2.05) is 12.1 Å². The Morgan fingerprint density at radius 2 is 2.14 bits per heavy atom. The number of rotatable bonds is 1. The first-order valence-electron chi connectivity index (χ1n) is 8.13. The third kappa shape index (κ3) is 1.82. The highest BCUT2D eigenvalue weighted by Gasteiger charge is 2.51. The fourth-order valence-electron chi connectivity index (χ4n) is 4.45. The summed E-state index contributed by atoms with van der Waals surface area (Å²) >= 11 is 0. The molecule has 0 unspecified atom stereocenters. The van der Waals surface area contributed by atoms with Crippen LogP contribution in [0.5, 0.6) is 5.75 Å². The van der Waals surface area contributed by atoms with Gasteiger partial charge in [-0.2, -0.15) is 0 Å². The summed E-state index contributed by atoms with van der Waals surface area (Å²) in [5.41, 5.74) is 2.69. The van der Waals surface area contributed by atoms with Crippen molar-refractivity contribution in [1.29, 1.82) is 0 Å². The highest BCUT2D eigenvalue weighted by Crippen LogP contribution is 2.50. The number of phenolic OH excluding ortho intramolecular Hbond substituents is 1. The summed E-state index contributed by atoms with van der Waals surface area (Å²) in [6.07, 6.45) is 4.10. The molecule has 112 valence electrons. The molecule has 1 saturated heterocycles. The smallest absolute Gasteiger partial charge is 0.225 e. The molecular formula is C18H23NO2. The van der Waals surface area contributed by atoms with Gasteiger partial charge in [0.1, 0.15) is 5.75 Å². The summed E-state index contributed by atoms with van der Waals surface area (Å²) in [6, 6.07) is 6.10. The number of aromatic hydroxyl groups is 1. The molecule has 0 radical (unpaired) electrons. The van der Waals surface area contributed by atoms with Gasteiger partial charge in [0.2, 0.25) is 5.91 Å². The van der Waals surface area contributed by atoms with Crippen LogP contribution in [0.2, 0.25) is 0 Å². The average Bonchev–Trinajstić information content (AvgIpc) is 3.28. The summed E-state index contributed by atoms with van der Waals surface area (Å²) in [7, 11) is 0. The monoisotopic (exact) mass is 285 g/mol. The Morgan fingerprint density at radius 3 is 2.86 bits per heavy atom. The molecule has 1 saturated carbocycles. The average molecular weight is 285 g/mol. The minimum atomic E-state index is 0.0807. The third-order valence-corrected chi connectivity index (χ3v) is 6.20. The summed E-state index contributed by atoms with van der Waals surface area (Å²) in [6.45, 7) is 5.46. The van der Waals surface area contributed by atoms with E-state index in [2.05, 4.69) is 18.7 Å². The molecule has 2 aliphatic carbocycles. The molecule has 3 heteroatoms. The van der Waals surface area contributed by atoms with E-state index in [1.165, 1.54) is 11.1 Å². The van der Waals surface area contributed by atoms with Crippen molar-refractivity contribution in [3.8, 4) is 5.75 Å². The molecule has 4 rings (SSSR count). The SMILES string of the molecule is C[C@H]1[C@@H]2Cc3ccc(O)cc3[C@@]1(C)CCN2C(=O)C1CC1. The van der Waals surface area contributed by atoms with Gasteiger partial charge in [-0.25, -0.2) is 0 Å². The van der Waals surface area contributed by atoms with Gasteiger partial charge in [0.25, 0.3) is 0 Å². The molecule has 0 aromatic heterocycles. The van der Waals surface area contributed by atoms with Crippen LogP contribution in [0, 0.1) is 11.8 Å². The van der Waals surface area contributed by atoms with Crippen LogP contribution >= 0.6 is 0 Å². The van der Waals surface area contributed by atoms with Gasteiger partial charge in [-0.15, -0.1) is 0 Å². The van der Waals surface area contributed by atoms with E-state index in [9.17, 15) is 9.90 Å². The number of phenols is 1. The predicted molar refractivity (Wildman–Crippen MR) is 81.2 cm³/mol. The Morgan fingerprint density at radius 1 is 1.38 bits per heavy atom. The predicted octanol–water partition coefficient (Wildman–Crippen LogP) is 2.85. The first kappa shape index (κ1) is 13.2. The first-order valence-corrected chi connectivity index (χ1v) is 8.13. The van der Waals surface area contributed by atoms with Gasteiger partial charge >= 0.3 is 0 Å². The van der Waals surface area contributed by atoms with Crippen LogP contribution in [0.1, 0.15) is 44.2 Å². The molecule has 1 amide bonds. The molecule has 1 aliphatic heterocycles. The van der Waals surface area contributed by atoms with Crippen molar-refractivity contribution in [3.05, 3.63) is 29.3 Å². The van der Waals surface area contributed by atoms with Crippen molar-refractivity contribution in [3.63, 3.8) is 0 Å². The Hall–Kier alpha value is -1.51. The summed E-state index contributed by atoms with van der Waals surface area (Å²) < 4.78 is 0. The lowest BCUT2D eigenvalue weighted by Crippen LogP contribution is -2.59. The van der Waals surface area contributed by atoms with E-state index >= 15 is 0 Å². The van der Waals surface area contributed by atoms with Gasteiger partial charge in [0, 0.05) is 18.5 Å². The number of benzene rings is 1. The number of likely N-dealkylation sites (tertiary alicyclic amines) is 1. The highest BCUT2D eigenvalue weighted by atomic mass is 16.3. The lowest BCUT2D eigenvalue weighted by atomic mass is 9.59. The quantitative estimate of drug-likeness (QED) is 0.862. The Kier molecular flexibility index (Phi) is 2.66. The van der Waals surface area contributed by atoms with Crippen LogP contribution < -0.4 is 0 Å². The molecule has 2 fully saturated rings. The second-order valence-corrected chi connectivity index (χ2v) is 7.37. The number of carbonyl (C=O) groups excluding carboxylic acids is 1. The van der Waals surface area contributed by atoms with Gasteiger partial charge in [0.05, 0.1) is 0 Å². The van der Waals surface area contributed by atoms with Crippen LogP contribution in [0.4, 0.5) is 0 Å². The van der Waals surface area contributed by atoms with Gasteiger partial charge in [-0.05, 0) is 60.3 Å². The molecule has 2 bridgehead atoms. The highest BCUT2D eigenvalue weighted by molar-refractivity contribution is 5.81. The lowest BCUT2D eigenvalue weighted by Gasteiger charge is -2.54. The van der Waals surface area contributed by atoms with Crippen LogP contribution in [0.3, 0.4) is 0 Å². The van der Waals surface area contributed by atoms with Crippen LogP contribution in [-0.4, -0.2) is 28.5 Å². The minimum absolute atomic E-state index is 0.0807. The largest absolute Gasteiger partial charge is 0.508 e. The second kappa shape index (κ2) is 4.25. The standard InChI is InChI=1S/C18H23NO2/c1-11-16-9-13-5-6-14(20)10-15(13)18(11,2)7-8-19(16)17(21)12-3-4-12/h5-6,10-12,16,20H,3-4,7-9H2,1-2H3/t11-,16-,18-/m0/s1. The van der Waals surface area contributed by atoms with Gasteiger partial charge in [-0.1, -0.05) is 19.9 Å². The number of piperidine rings is 1. The van der Waals surface area contributed by atoms with Crippen LogP contribution in [-0.2, 0) is 16.6 Å². The number of hydrogen-bond donors (Lipinski definition) is 1. The molecular weight excluding hydrogens is 262 g/mol. The van der Waals surface area contributed by atoms with Crippen molar-refractivity contribution in [2.24, 2.45) is 11.8 Å². The first-order chi connectivity index (χ1) is 10.0. The molecule has 3 aliphatic rings. The van der Waals surface area contributed by atoms with Crippen molar-refractivity contribution >= 4 is 5.91 Å². The van der Waals surface area contributed by atoms with Crippen LogP contribution in [0.15, 0.2) is 18.2 Å². The van der Waals surface area contributed by atoms with Gasteiger partial charge in [0.15, 0.2) is 0 Å². The van der Waals surface area contributed by atoms with E-state index in [0.717, 1.165) is 32.2 Å². The number of amides is 1. The molecule has 0 spiro atoms. The zero-order valence-corrected chi connectivity index (χ0v) is 12.8. The Labute approximate surface area is 126 Å². The van der Waals surface area contributed by atoms with E-state index < -0.39 is 0 Å². The number of fused-ring (bicyclic) bond motifs is 4. The summed E-state index contributed by atoms with van der Waals surface area (Å²) in [5.74, 6) is 1.50. The van der Waals surface area contributed by atoms with Crippen molar-refractivity contribution in [2.75, 3.05) is 6.54 Å². The zero-order chi connectivity index (χ0) is 14.8. The second-order valence-electron chi connectivity index (χ2n) is 7.37. The number of hydrogen-bond acceptors (Lipinski definition) is 2. The Bertz CT molecular complexity index is 607. The molecule has 1 aromatic carbocycles. The maximum atomic E-state index is 12.6. The lowest BCUT2D eigenvalue weighted by molar-refractivity contribution is -0.140. The Balaban J connectivity index is 1.75. The van der Waals surface area contributed by atoms with E-state index in [-0.39, 0.29) is 5.41 Å². The summed E-state index contributed by atoms with van der Waals surface area (Å²) in [4.78, 5) is 14.7. The molecule has 3 nitrogen and oxygen atoms in total.